The fourth-order valence-electron chi connectivity index (χ4n) is 6.66. The molecule has 1 atom stereocenters. The summed E-state index contributed by atoms with van der Waals surface area (Å²) in [5.74, 6) is -0.210. The Kier molecular flexibility index (Phi) is 8.28. The second-order valence-corrected chi connectivity index (χ2v) is 10.9. The van der Waals surface area contributed by atoms with E-state index < -0.39 is 0 Å². The highest BCUT2D eigenvalue weighted by Gasteiger charge is 2.43. The van der Waals surface area contributed by atoms with Crippen molar-refractivity contribution < 1.29 is 9.53 Å². The van der Waals surface area contributed by atoms with Gasteiger partial charge in [-0.3, -0.25) is 4.79 Å². The maximum Gasteiger partial charge on any atom is 0.302 e. The zero-order valence-electron chi connectivity index (χ0n) is 23.1. The molecule has 1 aliphatic heterocycles. The van der Waals surface area contributed by atoms with Crippen molar-refractivity contribution in [2.75, 3.05) is 19.6 Å². The van der Waals surface area contributed by atoms with Crippen LogP contribution in [-0.2, 0) is 20.4 Å². The fraction of sp³-hybridized carbons (Fsp3) is 0.306. The Morgan fingerprint density at radius 2 is 1.15 bits per heavy atom. The van der Waals surface area contributed by atoms with Gasteiger partial charge in [0.25, 0.3) is 0 Å². The lowest BCUT2D eigenvalue weighted by atomic mass is 9.66. The minimum absolute atomic E-state index is 0.168. The number of hydrogen-bond acceptors (Lipinski definition) is 3. The smallest absolute Gasteiger partial charge is 0.302 e. The highest BCUT2D eigenvalue weighted by molar-refractivity contribution is 5.66. The molecule has 1 unspecified atom stereocenters. The molecule has 0 radical (unpaired) electrons. The van der Waals surface area contributed by atoms with Crippen molar-refractivity contribution in [1.29, 1.82) is 0 Å². The Morgan fingerprint density at radius 1 is 0.744 bits per heavy atom. The zero-order valence-corrected chi connectivity index (χ0v) is 23.1. The minimum Gasteiger partial charge on any atom is -0.462 e. The second kappa shape index (κ2) is 12.0. The fourth-order valence-corrected chi connectivity index (χ4v) is 6.66. The average Bonchev–Trinajstić information content (AvgIpc) is 2.99. The van der Waals surface area contributed by atoms with Gasteiger partial charge in [0.15, 0.2) is 0 Å². The van der Waals surface area contributed by atoms with Crippen LogP contribution in [0.5, 0.6) is 0 Å². The molecule has 1 fully saturated rings. The van der Waals surface area contributed by atoms with Gasteiger partial charge in [0.05, 0.1) is 0 Å². The van der Waals surface area contributed by atoms with Crippen molar-refractivity contribution in [3.8, 4) is 0 Å². The summed E-state index contributed by atoms with van der Waals surface area (Å²) < 4.78 is 5.81. The van der Waals surface area contributed by atoms with Gasteiger partial charge in [-0.1, -0.05) is 121 Å². The first-order chi connectivity index (χ1) is 19.0. The molecule has 1 saturated heterocycles. The summed E-state index contributed by atoms with van der Waals surface area (Å²) in [5.41, 5.74) is 4.82. The van der Waals surface area contributed by atoms with Crippen molar-refractivity contribution in [2.24, 2.45) is 0 Å². The summed E-state index contributed by atoms with van der Waals surface area (Å²) in [5, 5.41) is 0. The number of ether oxygens (including phenoxy) is 1. The summed E-state index contributed by atoms with van der Waals surface area (Å²) in [7, 11) is 0. The van der Waals surface area contributed by atoms with Gasteiger partial charge >= 0.3 is 5.97 Å². The number of rotatable bonds is 9. The molecule has 4 aromatic carbocycles. The van der Waals surface area contributed by atoms with Gasteiger partial charge < -0.3 is 9.64 Å². The minimum atomic E-state index is -0.247. The second-order valence-electron chi connectivity index (χ2n) is 10.9. The van der Waals surface area contributed by atoms with E-state index in [0.717, 1.165) is 38.9 Å². The van der Waals surface area contributed by atoms with E-state index in [-0.39, 0.29) is 22.9 Å². The van der Waals surface area contributed by atoms with E-state index in [4.69, 9.17) is 4.74 Å². The average molecular weight is 518 g/mol. The van der Waals surface area contributed by atoms with E-state index in [1.54, 1.807) is 0 Å². The van der Waals surface area contributed by atoms with E-state index in [1.807, 2.05) is 0 Å². The molecule has 0 amide bonds. The SMILES string of the molecule is CC(=O)OC(C)C1(c2ccccc2)CCN(CCC(c2ccccc2)(c2ccccc2)c2ccccc2)CC1. The van der Waals surface area contributed by atoms with E-state index in [2.05, 4.69) is 133 Å². The number of benzene rings is 4. The lowest BCUT2D eigenvalue weighted by Gasteiger charge is -2.46. The summed E-state index contributed by atoms with van der Waals surface area (Å²) >= 11 is 0. The monoisotopic (exact) mass is 517 g/mol. The first-order valence-corrected chi connectivity index (χ1v) is 14.2. The molecule has 39 heavy (non-hydrogen) atoms. The van der Waals surface area contributed by atoms with Crippen LogP contribution in [0.3, 0.4) is 0 Å². The molecule has 4 aromatic rings. The molecule has 0 N–H and O–H groups in total. The highest BCUT2D eigenvalue weighted by atomic mass is 16.5. The maximum absolute atomic E-state index is 11.9. The van der Waals surface area contributed by atoms with Crippen LogP contribution in [0.1, 0.15) is 55.4 Å². The summed E-state index contributed by atoms with van der Waals surface area (Å²) in [6, 6.07) is 43.5. The van der Waals surface area contributed by atoms with Crippen LogP contribution in [0.2, 0.25) is 0 Å². The van der Waals surface area contributed by atoms with Crippen molar-refractivity contribution in [1.82, 2.24) is 4.90 Å². The van der Waals surface area contributed by atoms with Crippen LogP contribution in [0.4, 0.5) is 0 Å². The third-order valence-corrected chi connectivity index (χ3v) is 8.82. The third kappa shape index (κ3) is 5.55. The number of piperidine rings is 1. The highest BCUT2D eigenvalue weighted by Crippen LogP contribution is 2.44. The number of likely N-dealkylation sites (tertiary alicyclic amines) is 1. The standard InChI is InChI=1S/C36H39NO2/c1-29(39-30(2)38)35(31-15-7-3-8-16-31)23-26-37(27-24-35)28-25-36(32-17-9-4-10-18-32,33-19-11-5-12-20-33)34-21-13-6-14-22-34/h3-22,29H,23-28H2,1-2H3. The van der Waals surface area contributed by atoms with Gasteiger partial charge in [0, 0.05) is 17.8 Å². The van der Waals surface area contributed by atoms with Crippen LogP contribution < -0.4 is 0 Å². The number of nitrogens with zero attached hydrogens (tertiary/aromatic N) is 1. The number of esters is 1. The van der Waals surface area contributed by atoms with E-state index >= 15 is 0 Å². The third-order valence-electron chi connectivity index (χ3n) is 8.82. The van der Waals surface area contributed by atoms with Gasteiger partial charge in [0.1, 0.15) is 6.10 Å². The topological polar surface area (TPSA) is 29.5 Å². The quantitative estimate of drug-likeness (QED) is 0.171. The Balaban J connectivity index is 1.44. The molecule has 3 nitrogen and oxygen atoms in total. The molecule has 1 heterocycles. The molecule has 1 aliphatic rings. The molecule has 3 heteroatoms. The van der Waals surface area contributed by atoms with Crippen LogP contribution >= 0.6 is 0 Å². The van der Waals surface area contributed by atoms with Crippen LogP contribution in [-0.4, -0.2) is 36.6 Å². The summed E-state index contributed by atoms with van der Waals surface area (Å²) in [6.45, 7) is 6.49. The Bertz CT molecular complexity index is 1220. The summed E-state index contributed by atoms with van der Waals surface area (Å²) in [6.07, 6.45) is 2.72. The Morgan fingerprint density at radius 3 is 1.56 bits per heavy atom. The molecule has 0 bridgehead atoms. The van der Waals surface area contributed by atoms with Crippen LogP contribution in [0.15, 0.2) is 121 Å². The molecule has 200 valence electrons. The lowest BCUT2D eigenvalue weighted by Crippen LogP contribution is -2.50. The number of carbonyl (C=O) groups excluding carboxylic acids is 1. The Labute approximate surface area is 233 Å². The molecular weight excluding hydrogens is 478 g/mol. The maximum atomic E-state index is 11.9. The largest absolute Gasteiger partial charge is 0.462 e. The number of carbonyl (C=O) groups is 1. The molecule has 0 spiro atoms. The van der Waals surface area contributed by atoms with E-state index in [1.165, 1.54) is 29.2 Å². The number of hydrogen-bond donors (Lipinski definition) is 0. The van der Waals surface area contributed by atoms with Gasteiger partial charge in [-0.2, -0.15) is 0 Å². The van der Waals surface area contributed by atoms with Gasteiger partial charge in [-0.15, -0.1) is 0 Å². The van der Waals surface area contributed by atoms with Crippen molar-refractivity contribution >= 4 is 5.97 Å². The first kappa shape index (κ1) is 26.9. The molecule has 0 saturated carbocycles. The van der Waals surface area contributed by atoms with Gasteiger partial charge in [0.2, 0.25) is 0 Å². The normalized spacial score (nSPS) is 16.4. The predicted octanol–water partition coefficient (Wildman–Crippen LogP) is 7.40. The van der Waals surface area contributed by atoms with Gasteiger partial charge in [-0.05, 0) is 68.1 Å². The van der Waals surface area contributed by atoms with Crippen molar-refractivity contribution in [3.63, 3.8) is 0 Å². The lowest BCUT2D eigenvalue weighted by molar-refractivity contribution is -0.150. The molecule has 0 aromatic heterocycles. The summed E-state index contributed by atoms with van der Waals surface area (Å²) in [4.78, 5) is 14.5. The van der Waals surface area contributed by atoms with Crippen molar-refractivity contribution in [2.45, 2.75) is 50.0 Å². The van der Waals surface area contributed by atoms with Crippen LogP contribution in [0, 0.1) is 0 Å². The van der Waals surface area contributed by atoms with Crippen LogP contribution in [0.25, 0.3) is 0 Å². The Hall–Kier alpha value is -3.69. The van der Waals surface area contributed by atoms with E-state index in [9.17, 15) is 4.79 Å². The van der Waals surface area contributed by atoms with E-state index in [0.29, 0.717) is 0 Å². The van der Waals surface area contributed by atoms with Crippen molar-refractivity contribution in [3.05, 3.63) is 144 Å². The zero-order chi connectivity index (χ0) is 27.1. The van der Waals surface area contributed by atoms with Gasteiger partial charge in [-0.25, -0.2) is 0 Å². The molecular formula is C36H39NO2. The predicted molar refractivity (Wildman–Crippen MR) is 159 cm³/mol. The molecule has 5 rings (SSSR count). The first-order valence-electron chi connectivity index (χ1n) is 14.2. The molecule has 0 aliphatic carbocycles.